The Balaban J connectivity index is 1.53. The third-order valence-corrected chi connectivity index (χ3v) is 7.75. The van der Waals surface area contributed by atoms with Crippen LogP contribution in [0, 0.1) is 13.8 Å². The van der Waals surface area contributed by atoms with E-state index in [1.807, 2.05) is 19.9 Å². The van der Waals surface area contributed by atoms with Crippen LogP contribution in [0.4, 0.5) is 5.13 Å². The first kappa shape index (κ1) is 19.0. The van der Waals surface area contributed by atoms with Gasteiger partial charge in [-0.3, -0.25) is 10.1 Å². The number of nitrogens with one attached hydrogen (secondary N) is 1. The van der Waals surface area contributed by atoms with Crippen molar-refractivity contribution in [1.29, 1.82) is 0 Å². The molecule has 1 heterocycles. The Morgan fingerprint density at radius 2 is 1.86 bits per heavy atom. The van der Waals surface area contributed by atoms with E-state index in [9.17, 15) is 13.2 Å². The van der Waals surface area contributed by atoms with Crippen LogP contribution in [0.15, 0.2) is 41.3 Å². The predicted molar refractivity (Wildman–Crippen MR) is 111 cm³/mol. The predicted octanol–water partition coefficient (Wildman–Crippen LogP) is 3.95. The maximum absolute atomic E-state index is 12.6. The number of rotatable bonds is 5. The van der Waals surface area contributed by atoms with Crippen LogP contribution in [0.3, 0.4) is 0 Å². The van der Waals surface area contributed by atoms with Crippen molar-refractivity contribution >= 4 is 42.6 Å². The Kier molecular flexibility index (Phi) is 4.73. The van der Waals surface area contributed by atoms with Gasteiger partial charge in [0.15, 0.2) is 5.13 Å². The van der Waals surface area contributed by atoms with Crippen molar-refractivity contribution in [3.05, 3.63) is 53.1 Å². The van der Waals surface area contributed by atoms with Crippen LogP contribution in [0.25, 0.3) is 10.2 Å². The number of hydrogen-bond donors (Lipinski definition) is 1. The van der Waals surface area contributed by atoms with Gasteiger partial charge >= 0.3 is 0 Å². The zero-order chi connectivity index (χ0) is 20.1. The lowest BCUT2D eigenvalue weighted by atomic mass is 10.1. The number of carbonyl (C=O) groups excluding carboxylic acids is 1. The van der Waals surface area contributed by atoms with Crippen molar-refractivity contribution in [3.63, 3.8) is 0 Å². The lowest BCUT2D eigenvalue weighted by Gasteiger charge is -2.16. The van der Waals surface area contributed by atoms with Gasteiger partial charge in [0.05, 0.1) is 15.1 Å². The molecule has 1 fully saturated rings. The van der Waals surface area contributed by atoms with E-state index in [2.05, 4.69) is 16.4 Å². The van der Waals surface area contributed by atoms with Crippen LogP contribution >= 0.6 is 11.3 Å². The average Bonchev–Trinajstić information content (AvgIpc) is 3.42. The molecular formula is C20H21N3O3S2. The van der Waals surface area contributed by atoms with E-state index in [0.29, 0.717) is 10.7 Å². The molecule has 1 aliphatic carbocycles. The summed E-state index contributed by atoms with van der Waals surface area (Å²) in [6.45, 7) is 4.03. The van der Waals surface area contributed by atoms with Gasteiger partial charge < -0.3 is 0 Å². The molecule has 0 atom stereocenters. The van der Waals surface area contributed by atoms with Crippen molar-refractivity contribution in [3.8, 4) is 0 Å². The molecule has 0 unspecified atom stereocenters. The Morgan fingerprint density at radius 1 is 1.18 bits per heavy atom. The van der Waals surface area contributed by atoms with Gasteiger partial charge in [-0.2, -0.15) is 4.31 Å². The molecule has 1 N–H and O–H groups in total. The molecule has 2 aromatic carbocycles. The fourth-order valence-electron chi connectivity index (χ4n) is 3.17. The Hall–Kier alpha value is -2.29. The van der Waals surface area contributed by atoms with Gasteiger partial charge in [0.25, 0.3) is 5.91 Å². The van der Waals surface area contributed by atoms with Gasteiger partial charge in [-0.25, -0.2) is 13.4 Å². The summed E-state index contributed by atoms with van der Waals surface area (Å²) < 4.78 is 27.6. The number of benzene rings is 2. The van der Waals surface area contributed by atoms with Crippen molar-refractivity contribution in [2.24, 2.45) is 0 Å². The molecule has 0 spiro atoms. The SMILES string of the molecule is Cc1cc(C)c2nc(NC(=O)c3ccc(S(=O)(=O)N(C)C4CC4)cc3)sc2c1. The summed E-state index contributed by atoms with van der Waals surface area (Å²) in [5.74, 6) is -0.312. The molecule has 0 aliphatic heterocycles. The fraction of sp³-hybridized carbons (Fsp3) is 0.300. The zero-order valence-electron chi connectivity index (χ0n) is 15.9. The smallest absolute Gasteiger partial charge is 0.257 e. The molecule has 1 saturated carbocycles. The molecule has 0 bridgehead atoms. The number of amides is 1. The van der Waals surface area contributed by atoms with Gasteiger partial charge in [0.1, 0.15) is 0 Å². The number of hydrogen-bond acceptors (Lipinski definition) is 5. The Bertz CT molecular complexity index is 1160. The van der Waals surface area contributed by atoms with Gasteiger partial charge in [0, 0.05) is 18.7 Å². The van der Waals surface area contributed by atoms with E-state index in [1.165, 1.54) is 39.9 Å². The van der Waals surface area contributed by atoms with Gasteiger partial charge in [-0.15, -0.1) is 0 Å². The van der Waals surface area contributed by atoms with Crippen LogP contribution in [0.2, 0.25) is 0 Å². The zero-order valence-corrected chi connectivity index (χ0v) is 17.5. The standard InChI is InChI=1S/C20H21N3O3S2/c1-12-10-13(2)18-17(11-12)27-20(21-18)22-19(24)14-4-8-16(9-5-14)28(25,26)23(3)15-6-7-15/h4-5,8-11,15H,6-7H2,1-3H3,(H,21,22,24). The minimum absolute atomic E-state index is 0.0964. The van der Waals surface area contributed by atoms with Gasteiger partial charge in [-0.05, 0) is 68.1 Å². The minimum Gasteiger partial charge on any atom is -0.298 e. The van der Waals surface area contributed by atoms with Crippen LogP contribution in [-0.4, -0.2) is 36.7 Å². The molecule has 3 aromatic rings. The van der Waals surface area contributed by atoms with E-state index in [-0.39, 0.29) is 16.8 Å². The second kappa shape index (κ2) is 6.95. The van der Waals surface area contributed by atoms with Crippen molar-refractivity contribution in [2.45, 2.75) is 37.6 Å². The number of anilines is 1. The van der Waals surface area contributed by atoms with Crippen LogP contribution in [0.5, 0.6) is 0 Å². The van der Waals surface area contributed by atoms with Crippen LogP contribution < -0.4 is 5.32 Å². The lowest BCUT2D eigenvalue weighted by molar-refractivity contribution is 0.102. The third-order valence-electron chi connectivity index (χ3n) is 4.90. The highest BCUT2D eigenvalue weighted by molar-refractivity contribution is 7.89. The highest BCUT2D eigenvalue weighted by Gasteiger charge is 2.35. The summed E-state index contributed by atoms with van der Waals surface area (Å²) >= 11 is 1.42. The van der Waals surface area contributed by atoms with Gasteiger partial charge in [-0.1, -0.05) is 17.4 Å². The topological polar surface area (TPSA) is 79.4 Å². The molecule has 146 valence electrons. The summed E-state index contributed by atoms with van der Waals surface area (Å²) in [6.07, 6.45) is 1.80. The Morgan fingerprint density at radius 3 is 2.50 bits per heavy atom. The maximum Gasteiger partial charge on any atom is 0.257 e. The number of nitrogens with zero attached hydrogens (tertiary/aromatic N) is 2. The number of fused-ring (bicyclic) bond motifs is 1. The lowest BCUT2D eigenvalue weighted by Crippen LogP contribution is -2.29. The first-order chi connectivity index (χ1) is 13.3. The number of sulfonamides is 1. The molecule has 0 radical (unpaired) electrons. The van der Waals surface area contributed by atoms with E-state index >= 15 is 0 Å². The number of aryl methyl sites for hydroxylation is 2. The summed E-state index contributed by atoms with van der Waals surface area (Å²) in [5, 5.41) is 3.34. The van der Waals surface area contributed by atoms with Gasteiger partial charge in [0.2, 0.25) is 10.0 Å². The molecule has 8 heteroatoms. The number of aromatic nitrogens is 1. The molecule has 1 aromatic heterocycles. The molecule has 4 rings (SSSR count). The van der Waals surface area contributed by atoms with E-state index in [0.717, 1.165) is 34.2 Å². The van der Waals surface area contributed by atoms with Crippen LogP contribution in [-0.2, 0) is 10.0 Å². The van der Waals surface area contributed by atoms with Crippen molar-refractivity contribution in [1.82, 2.24) is 9.29 Å². The maximum atomic E-state index is 12.6. The summed E-state index contributed by atoms with van der Waals surface area (Å²) in [6, 6.07) is 10.2. The fourth-order valence-corrected chi connectivity index (χ4v) is 5.63. The summed E-state index contributed by atoms with van der Waals surface area (Å²) in [4.78, 5) is 17.3. The largest absolute Gasteiger partial charge is 0.298 e. The van der Waals surface area contributed by atoms with Crippen molar-refractivity contribution < 1.29 is 13.2 Å². The second-order valence-electron chi connectivity index (χ2n) is 7.18. The van der Waals surface area contributed by atoms with E-state index < -0.39 is 10.0 Å². The van der Waals surface area contributed by atoms with E-state index in [1.54, 1.807) is 7.05 Å². The highest BCUT2D eigenvalue weighted by Crippen LogP contribution is 2.31. The normalized spacial score (nSPS) is 14.6. The minimum atomic E-state index is -3.51. The van der Waals surface area contributed by atoms with E-state index in [4.69, 9.17) is 0 Å². The molecule has 1 amide bonds. The summed E-state index contributed by atoms with van der Waals surface area (Å²) in [5.41, 5.74) is 3.50. The molecule has 1 aliphatic rings. The molecule has 28 heavy (non-hydrogen) atoms. The highest BCUT2D eigenvalue weighted by atomic mass is 32.2. The third kappa shape index (κ3) is 3.55. The Labute approximate surface area is 168 Å². The molecule has 0 saturated heterocycles. The van der Waals surface area contributed by atoms with Crippen LogP contribution in [0.1, 0.15) is 34.3 Å². The summed E-state index contributed by atoms with van der Waals surface area (Å²) in [7, 11) is -1.91. The average molecular weight is 416 g/mol. The number of thiazole rings is 1. The second-order valence-corrected chi connectivity index (χ2v) is 10.2. The first-order valence-electron chi connectivity index (χ1n) is 9.03. The number of carbonyl (C=O) groups is 1. The molecule has 6 nitrogen and oxygen atoms in total. The molecular weight excluding hydrogens is 394 g/mol. The first-order valence-corrected chi connectivity index (χ1v) is 11.3. The quantitative estimate of drug-likeness (QED) is 0.684. The monoisotopic (exact) mass is 415 g/mol. The van der Waals surface area contributed by atoms with Crippen molar-refractivity contribution in [2.75, 3.05) is 12.4 Å².